The van der Waals surface area contributed by atoms with E-state index in [-0.39, 0.29) is 24.0 Å². The highest BCUT2D eigenvalue weighted by Gasteiger charge is 2.16. The molecule has 0 unspecified atom stereocenters. The second-order valence-corrected chi connectivity index (χ2v) is 8.09. The standard InChI is InChI=1S/C22H38N6O.HI/c1-3-23-22(25-10-5-11-27-12-7-19(2)8-13-27)26-18-20-6-4-9-24-21(20)28-14-16-29-17-15-28;/h4,6,9,19H,3,5,7-8,10-18H2,1-2H3,(H2,23,25,26);1H. The average Bonchev–Trinajstić information content (AvgIpc) is 2.77. The molecule has 1 aromatic rings. The molecule has 0 amide bonds. The Morgan fingerprint density at radius 2 is 1.97 bits per heavy atom. The Bertz CT molecular complexity index is 630. The molecule has 170 valence electrons. The molecular formula is C22H39IN6O. The van der Waals surface area contributed by atoms with Crippen LogP contribution in [0.4, 0.5) is 5.82 Å². The highest BCUT2D eigenvalue weighted by atomic mass is 127. The number of ether oxygens (including phenoxy) is 1. The predicted octanol–water partition coefficient (Wildman–Crippen LogP) is 2.71. The van der Waals surface area contributed by atoms with Crippen LogP contribution in [-0.2, 0) is 11.3 Å². The average molecular weight is 530 g/mol. The number of nitrogens with zero attached hydrogens (tertiary/aromatic N) is 4. The number of pyridine rings is 1. The van der Waals surface area contributed by atoms with Gasteiger partial charge in [0.1, 0.15) is 5.82 Å². The van der Waals surface area contributed by atoms with Crippen molar-refractivity contribution in [2.45, 2.75) is 39.7 Å². The van der Waals surface area contributed by atoms with Crippen LogP contribution in [0.5, 0.6) is 0 Å². The summed E-state index contributed by atoms with van der Waals surface area (Å²) in [6, 6.07) is 4.12. The fourth-order valence-corrected chi connectivity index (χ4v) is 3.91. The van der Waals surface area contributed by atoms with Crippen LogP contribution in [-0.4, -0.2) is 74.9 Å². The lowest BCUT2D eigenvalue weighted by atomic mass is 9.99. The molecule has 0 saturated carbocycles. The lowest BCUT2D eigenvalue weighted by molar-refractivity contribution is 0.122. The Hall–Kier alpha value is -1.13. The van der Waals surface area contributed by atoms with Crippen LogP contribution < -0.4 is 15.5 Å². The van der Waals surface area contributed by atoms with Crippen LogP contribution in [0, 0.1) is 5.92 Å². The number of aliphatic imine (C=N–C) groups is 1. The van der Waals surface area contributed by atoms with E-state index < -0.39 is 0 Å². The lowest BCUT2D eigenvalue weighted by Crippen LogP contribution is -2.40. The van der Waals surface area contributed by atoms with Gasteiger partial charge in [-0.1, -0.05) is 13.0 Å². The third kappa shape index (κ3) is 8.19. The van der Waals surface area contributed by atoms with Gasteiger partial charge in [0.15, 0.2) is 5.96 Å². The summed E-state index contributed by atoms with van der Waals surface area (Å²) < 4.78 is 5.47. The lowest BCUT2D eigenvalue weighted by Gasteiger charge is -2.30. The molecule has 0 aliphatic carbocycles. The molecular weight excluding hydrogens is 491 g/mol. The van der Waals surface area contributed by atoms with Gasteiger partial charge in [-0.15, -0.1) is 24.0 Å². The second kappa shape index (κ2) is 14.0. The van der Waals surface area contributed by atoms with Crippen molar-refractivity contribution >= 4 is 35.8 Å². The first kappa shape index (κ1) is 25.1. The summed E-state index contributed by atoms with van der Waals surface area (Å²) in [6.45, 7) is 13.9. The van der Waals surface area contributed by atoms with E-state index in [1.54, 1.807) is 0 Å². The van der Waals surface area contributed by atoms with Crippen molar-refractivity contribution < 1.29 is 4.74 Å². The largest absolute Gasteiger partial charge is 0.378 e. The fourth-order valence-electron chi connectivity index (χ4n) is 3.91. The Morgan fingerprint density at radius 1 is 1.20 bits per heavy atom. The first-order chi connectivity index (χ1) is 14.3. The van der Waals surface area contributed by atoms with Gasteiger partial charge < -0.3 is 25.2 Å². The van der Waals surface area contributed by atoms with E-state index in [4.69, 9.17) is 9.73 Å². The highest BCUT2D eigenvalue weighted by Crippen LogP contribution is 2.19. The summed E-state index contributed by atoms with van der Waals surface area (Å²) in [7, 11) is 0. The number of hydrogen-bond donors (Lipinski definition) is 2. The number of piperidine rings is 1. The third-order valence-corrected chi connectivity index (χ3v) is 5.75. The Balaban J connectivity index is 0.00000320. The Kier molecular flexibility index (Phi) is 11.8. The topological polar surface area (TPSA) is 65.0 Å². The van der Waals surface area contributed by atoms with Gasteiger partial charge in [-0.05, 0) is 57.8 Å². The molecule has 2 saturated heterocycles. The number of halogens is 1. The Morgan fingerprint density at radius 3 is 2.70 bits per heavy atom. The minimum atomic E-state index is 0. The number of hydrogen-bond acceptors (Lipinski definition) is 5. The van der Waals surface area contributed by atoms with Gasteiger partial charge in [0.25, 0.3) is 0 Å². The smallest absolute Gasteiger partial charge is 0.191 e. The third-order valence-electron chi connectivity index (χ3n) is 5.75. The number of morpholine rings is 1. The van der Waals surface area contributed by atoms with E-state index >= 15 is 0 Å². The molecule has 8 heteroatoms. The molecule has 3 rings (SSSR count). The van der Waals surface area contributed by atoms with Gasteiger partial charge in [-0.3, -0.25) is 0 Å². The molecule has 2 aliphatic heterocycles. The van der Waals surface area contributed by atoms with Gasteiger partial charge in [-0.25, -0.2) is 9.98 Å². The van der Waals surface area contributed by atoms with E-state index in [0.717, 1.165) is 69.1 Å². The zero-order chi connectivity index (χ0) is 20.3. The minimum Gasteiger partial charge on any atom is -0.378 e. The van der Waals surface area contributed by atoms with Crippen molar-refractivity contribution in [3.63, 3.8) is 0 Å². The number of aromatic nitrogens is 1. The predicted molar refractivity (Wildman–Crippen MR) is 135 cm³/mol. The number of likely N-dealkylation sites (tertiary alicyclic amines) is 1. The monoisotopic (exact) mass is 530 g/mol. The SMILES string of the molecule is CCNC(=NCc1cccnc1N1CCOCC1)NCCCN1CCC(C)CC1.I. The highest BCUT2D eigenvalue weighted by molar-refractivity contribution is 14.0. The van der Waals surface area contributed by atoms with Crippen LogP contribution >= 0.6 is 24.0 Å². The molecule has 1 aromatic heterocycles. The number of nitrogens with one attached hydrogen (secondary N) is 2. The number of anilines is 1. The molecule has 0 radical (unpaired) electrons. The molecule has 2 fully saturated rings. The molecule has 0 bridgehead atoms. The van der Waals surface area contributed by atoms with E-state index in [1.165, 1.54) is 32.5 Å². The normalized spacial score (nSPS) is 18.7. The number of guanidine groups is 1. The molecule has 2 N–H and O–H groups in total. The maximum atomic E-state index is 5.47. The molecule has 0 aromatic carbocycles. The van der Waals surface area contributed by atoms with E-state index in [1.807, 2.05) is 12.3 Å². The van der Waals surface area contributed by atoms with Gasteiger partial charge in [0.2, 0.25) is 0 Å². The van der Waals surface area contributed by atoms with Gasteiger partial charge in [0, 0.05) is 37.9 Å². The zero-order valence-electron chi connectivity index (χ0n) is 18.6. The summed E-state index contributed by atoms with van der Waals surface area (Å²) >= 11 is 0. The summed E-state index contributed by atoms with van der Waals surface area (Å²) in [4.78, 5) is 14.3. The quantitative estimate of drug-likeness (QED) is 0.233. The van der Waals surface area contributed by atoms with Crippen molar-refractivity contribution in [1.29, 1.82) is 0 Å². The van der Waals surface area contributed by atoms with Crippen molar-refractivity contribution in [2.24, 2.45) is 10.9 Å². The molecule has 7 nitrogen and oxygen atoms in total. The molecule has 30 heavy (non-hydrogen) atoms. The van der Waals surface area contributed by atoms with Crippen LogP contribution in [0.15, 0.2) is 23.3 Å². The molecule has 3 heterocycles. The van der Waals surface area contributed by atoms with Crippen LogP contribution in [0.3, 0.4) is 0 Å². The first-order valence-electron chi connectivity index (χ1n) is 11.3. The van der Waals surface area contributed by atoms with E-state index in [2.05, 4.69) is 45.3 Å². The van der Waals surface area contributed by atoms with Crippen molar-refractivity contribution in [3.05, 3.63) is 23.9 Å². The molecule has 2 aliphatic rings. The van der Waals surface area contributed by atoms with Crippen molar-refractivity contribution in [1.82, 2.24) is 20.5 Å². The summed E-state index contributed by atoms with van der Waals surface area (Å²) in [5, 5.41) is 6.86. The molecule has 0 atom stereocenters. The number of rotatable bonds is 8. The summed E-state index contributed by atoms with van der Waals surface area (Å²) in [6.07, 6.45) is 5.69. The van der Waals surface area contributed by atoms with Gasteiger partial charge in [-0.2, -0.15) is 0 Å². The summed E-state index contributed by atoms with van der Waals surface area (Å²) in [5.41, 5.74) is 1.16. The maximum absolute atomic E-state index is 5.47. The fraction of sp³-hybridized carbons (Fsp3) is 0.727. The van der Waals surface area contributed by atoms with Crippen LogP contribution in [0.25, 0.3) is 0 Å². The van der Waals surface area contributed by atoms with Crippen LogP contribution in [0.2, 0.25) is 0 Å². The Labute approximate surface area is 199 Å². The van der Waals surface area contributed by atoms with Gasteiger partial charge >= 0.3 is 0 Å². The summed E-state index contributed by atoms with van der Waals surface area (Å²) in [5.74, 6) is 2.82. The minimum absolute atomic E-state index is 0. The van der Waals surface area contributed by atoms with Gasteiger partial charge in [0.05, 0.1) is 19.8 Å². The second-order valence-electron chi connectivity index (χ2n) is 8.09. The van der Waals surface area contributed by atoms with Crippen molar-refractivity contribution in [2.75, 3.05) is 63.9 Å². The van der Waals surface area contributed by atoms with E-state index in [0.29, 0.717) is 6.54 Å². The van der Waals surface area contributed by atoms with E-state index in [9.17, 15) is 0 Å². The first-order valence-corrected chi connectivity index (χ1v) is 11.3. The maximum Gasteiger partial charge on any atom is 0.191 e. The molecule has 0 spiro atoms. The van der Waals surface area contributed by atoms with Crippen LogP contribution in [0.1, 0.15) is 38.7 Å². The van der Waals surface area contributed by atoms with Crippen molar-refractivity contribution in [3.8, 4) is 0 Å². The zero-order valence-corrected chi connectivity index (χ0v) is 20.9.